The average Bonchev–Trinajstić information content (AvgIpc) is 2.80. The monoisotopic (exact) mass is 316 g/mol. The molecule has 2 heteroatoms. The molecule has 0 radical (unpaired) electrons. The van der Waals surface area contributed by atoms with E-state index >= 15 is 0 Å². The third kappa shape index (κ3) is 1.94. The van der Waals surface area contributed by atoms with Crippen LogP contribution in [-0.4, -0.2) is 21.9 Å². The molecular weight excluding hydrogens is 284 g/mol. The molecule has 3 fully saturated rings. The fraction of sp³-hybridized carbons (Fsp3) is 0.810. The minimum atomic E-state index is -0.670. The Morgan fingerprint density at radius 3 is 2.61 bits per heavy atom. The minimum absolute atomic E-state index is 0.00575. The first-order valence-corrected chi connectivity index (χ1v) is 9.58. The lowest BCUT2D eigenvalue weighted by atomic mass is 9.47. The van der Waals surface area contributed by atoms with Gasteiger partial charge in [-0.05, 0) is 74.5 Å². The largest absolute Gasteiger partial charge is 0.393 e. The predicted molar refractivity (Wildman–Crippen MR) is 92.9 cm³/mol. The van der Waals surface area contributed by atoms with Crippen molar-refractivity contribution < 1.29 is 10.2 Å². The van der Waals surface area contributed by atoms with Crippen molar-refractivity contribution in [1.82, 2.24) is 0 Å². The molecule has 2 N–H and O–H groups in total. The summed E-state index contributed by atoms with van der Waals surface area (Å²) >= 11 is 0. The molecule has 0 aromatic heterocycles. The van der Waals surface area contributed by atoms with Gasteiger partial charge in [0.05, 0.1) is 11.7 Å². The molecule has 23 heavy (non-hydrogen) atoms. The number of allylic oxidation sites excluding steroid dienone is 1. The summed E-state index contributed by atoms with van der Waals surface area (Å²) in [4.78, 5) is 0. The van der Waals surface area contributed by atoms with Crippen LogP contribution in [0.2, 0.25) is 0 Å². The van der Waals surface area contributed by atoms with E-state index in [1.165, 1.54) is 12.0 Å². The second-order valence-corrected chi connectivity index (χ2v) is 9.28. The highest BCUT2D eigenvalue weighted by atomic mass is 16.3. The molecule has 0 spiro atoms. The van der Waals surface area contributed by atoms with Crippen LogP contribution in [0.1, 0.15) is 65.2 Å². The fourth-order valence-electron chi connectivity index (χ4n) is 7.03. The SMILES string of the molecule is C=C[C@]1(O)CC[C@@H]2[C@H]3CC=C4C[C@H](O)CC[C@]4(C)[C@@H]3CC[C@]21C. The van der Waals surface area contributed by atoms with E-state index in [4.69, 9.17) is 0 Å². The molecule has 0 heterocycles. The molecule has 0 aromatic carbocycles. The van der Waals surface area contributed by atoms with E-state index in [0.717, 1.165) is 50.9 Å². The van der Waals surface area contributed by atoms with Gasteiger partial charge in [-0.25, -0.2) is 0 Å². The van der Waals surface area contributed by atoms with Gasteiger partial charge in [0.2, 0.25) is 0 Å². The summed E-state index contributed by atoms with van der Waals surface area (Å²) in [5.41, 5.74) is 1.15. The second kappa shape index (κ2) is 4.95. The van der Waals surface area contributed by atoms with Crippen molar-refractivity contribution in [3.05, 3.63) is 24.3 Å². The molecule has 0 aliphatic heterocycles. The van der Waals surface area contributed by atoms with Crippen LogP contribution < -0.4 is 0 Å². The summed E-state index contributed by atoms with van der Waals surface area (Å²) in [5, 5.41) is 21.2. The zero-order valence-electron chi connectivity index (χ0n) is 14.7. The Kier molecular flexibility index (Phi) is 3.42. The topological polar surface area (TPSA) is 40.5 Å². The molecule has 0 aromatic rings. The number of fused-ring (bicyclic) bond motifs is 5. The molecule has 7 atom stereocenters. The molecule has 0 unspecified atom stereocenters. The van der Waals surface area contributed by atoms with Crippen LogP contribution in [-0.2, 0) is 0 Å². The first-order chi connectivity index (χ1) is 10.8. The zero-order valence-corrected chi connectivity index (χ0v) is 14.7. The molecule has 3 saturated carbocycles. The highest BCUT2D eigenvalue weighted by Crippen LogP contribution is 2.67. The number of rotatable bonds is 1. The fourth-order valence-corrected chi connectivity index (χ4v) is 7.03. The smallest absolute Gasteiger partial charge is 0.0881 e. The molecule has 0 bridgehead atoms. The molecule has 4 aliphatic rings. The molecule has 0 amide bonds. The molecule has 4 aliphatic carbocycles. The van der Waals surface area contributed by atoms with Crippen molar-refractivity contribution in [3.63, 3.8) is 0 Å². The van der Waals surface area contributed by atoms with Gasteiger partial charge in [0.1, 0.15) is 0 Å². The van der Waals surface area contributed by atoms with E-state index in [1.807, 2.05) is 6.08 Å². The summed E-state index contributed by atoms with van der Waals surface area (Å²) in [6.07, 6.45) is 12.6. The lowest BCUT2D eigenvalue weighted by molar-refractivity contribution is -0.101. The van der Waals surface area contributed by atoms with Crippen molar-refractivity contribution in [3.8, 4) is 0 Å². The van der Waals surface area contributed by atoms with Gasteiger partial charge in [-0.15, -0.1) is 6.58 Å². The van der Waals surface area contributed by atoms with Crippen LogP contribution in [0.3, 0.4) is 0 Å². The van der Waals surface area contributed by atoms with E-state index in [0.29, 0.717) is 17.3 Å². The average molecular weight is 316 g/mol. The molecule has 0 saturated heterocycles. The van der Waals surface area contributed by atoms with E-state index < -0.39 is 5.60 Å². The maximum absolute atomic E-state index is 11.1. The Labute approximate surface area is 140 Å². The number of hydrogen-bond donors (Lipinski definition) is 2. The second-order valence-electron chi connectivity index (χ2n) is 9.28. The van der Waals surface area contributed by atoms with E-state index in [-0.39, 0.29) is 11.5 Å². The standard InChI is InChI=1S/C21H32O2/c1-4-21(23)12-9-18-16-6-5-14-13-15(22)7-10-19(14,2)17(16)8-11-20(18,21)3/h4-5,15-18,22-23H,1,6-13H2,2-3H3/t15-,16+,17-,18-,19+,20-,21+/m1/s1. The zero-order chi connectivity index (χ0) is 16.5. The van der Waals surface area contributed by atoms with Crippen LogP contribution in [0, 0.1) is 28.6 Å². The number of aliphatic hydroxyl groups excluding tert-OH is 1. The summed E-state index contributed by atoms with van der Waals surface area (Å²) in [6.45, 7) is 8.72. The van der Waals surface area contributed by atoms with Crippen molar-refractivity contribution in [2.45, 2.75) is 76.9 Å². The lowest BCUT2D eigenvalue weighted by Gasteiger charge is -2.58. The van der Waals surface area contributed by atoms with Crippen molar-refractivity contribution in [2.24, 2.45) is 28.6 Å². The molecule has 2 nitrogen and oxygen atoms in total. The van der Waals surface area contributed by atoms with Gasteiger partial charge in [0, 0.05) is 5.41 Å². The van der Waals surface area contributed by atoms with Crippen LogP contribution in [0.25, 0.3) is 0 Å². The molecule has 4 rings (SSSR count). The van der Waals surface area contributed by atoms with E-state index in [9.17, 15) is 10.2 Å². The summed E-state index contributed by atoms with van der Waals surface area (Å²) in [6, 6.07) is 0. The maximum Gasteiger partial charge on any atom is 0.0881 e. The van der Waals surface area contributed by atoms with Crippen LogP contribution >= 0.6 is 0 Å². The van der Waals surface area contributed by atoms with Gasteiger partial charge < -0.3 is 10.2 Å². The van der Waals surface area contributed by atoms with Gasteiger partial charge in [0.25, 0.3) is 0 Å². The van der Waals surface area contributed by atoms with Crippen molar-refractivity contribution >= 4 is 0 Å². The Morgan fingerprint density at radius 2 is 1.87 bits per heavy atom. The highest BCUT2D eigenvalue weighted by Gasteiger charge is 2.62. The van der Waals surface area contributed by atoms with Gasteiger partial charge in [-0.2, -0.15) is 0 Å². The summed E-state index contributed by atoms with van der Waals surface area (Å²) < 4.78 is 0. The predicted octanol–water partition coefficient (Wildman–Crippen LogP) is 4.23. The van der Waals surface area contributed by atoms with Gasteiger partial charge in [-0.3, -0.25) is 0 Å². The Balaban J connectivity index is 1.69. The normalized spacial score (nSPS) is 55.4. The van der Waals surface area contributed by atoms with Gasteiger partial charge in [0.15, 0.2) is 0 Å². The molecular formula is C21H32O2. The number of hydrogen-bond acceptors (Lipinski definition) is 2. The van der Waals surface area contributed by atoms with Crippen LogP contribution in [0.4, 0.5) is 0 Å². The van der Waals surface area contributed by atoms with E-state index in [1.54, 1.807) is 0 Å². The maximum atomic E-state index is 11.1. The van der Waals surface area contributed by atoms with Gasteiger partial charge >= 0.3 is 0 Å². The third-order valence-electron chi connectivity index (χ3n) is 8.63. The van der Waals surface area contributed by atoms with Crippen molar-refractivity contribution in [1.29, 1.82) is 0 Å². The lowest BCUT2D eigenvalue weighted by Crippen LogP contribution is -2.54. The molecule has 128 valence electrons. The first-order valence-electron chi connectivity index (χ1n) is 9.58. The van der Waals surface area contributed by atoms with Crippen LogP contribution in [0.5, 0.6) is 0 Å². The van der Waals surface area contributed by atoms with Crippen LogP contribution in [0.15, 0.2) is 24.3 Å². The summed E-state index contributed by atoms with van der Waals surface area (Å²) in [7, 11) is 0. The van der Waals surface area contributed by atoms with Gasteiger partial charge in [-0.1, -0.05) is 31.6 Å². The third-order valence-corrected chi connectivity index (χ3v) is 8.63. The minimum Gasteiger partial charge on any atom is -0.393 e. The quantitative estimate of drug-likeness (QED) is 0.711. The van der Waals surface area contributed by atoms with Crippen molar-refractivity contribution in [2.75, 3.05) is 0 Å². The highest BCUT2D eigenvalue weighted by molar-refractivity contribution is 5.27. The first kappa shape index (κ1) is 15.9. The van der Waals surface area contributed by atoms with E-state index in [2.05, 4.69) is 26.5 Å². The summed E-state index contributed by atoms with van der Waals surface area (Å²) in [5.74, 6) is 2.05. The Hall–Kier alpha value is -0.600. The Morgan fingerprint density at radius 1 is 1.13 bits per heavy atom. The number of aliphatic hydroxyl groups is 2. The Bertz CT molecular complexity index is 552.